The highest BCUT2D eigenvalue weighted by Gasteiger charge is 2.16. The Balaban J connectivity index is 2.45. The highest BCUT2D eigenvalue weighted by atomic mass is 35.5. The second kappa shape index (κ2) is 4.17. The Morgan fingerprint density at radius 3 is 2.84 bits per heavy atom. The molecule has 0 amide bonds. The van der Waals surface area contributed by atoms with Crippen LogP contribution in [0.3, 0.4) is 0 Å². The Labute approximate surface area is 113 Å². The number of hydrogen-bond donors (Lipinski definition) is 1. The minimum atomic E-state index is -0.127. The van der Waals surface area contributed by atoms with E-state index in [1.54, 1.807) is 16.8 Å². The summed E-state index contributed by atoms with van der Waals surface area (Å²) >= 11 is 6.05. The molecule has 0 unspecified atom stereocenters. The maximum Gasteiger partial charge on any atom is 0.199 e. The van der Waals surface area contributed by atoms with Gasteiger partial charge in [-0.15, -0.1) is 10.2 Å². The highest BCUT2D eigenvalue weighted by Crippen LogP contribution is 2.22. The van der Waals surface area contributed by atoms with Crippen molar-refractivity contribution >= 4 is 17.2 Å². The number of nitrogens with one attached hydrogen (secondary N) is 1. The Hall–Kier alpha value is -2.21. The summed E-state index contributed by atoms with van der Waals surface area (Å²) in [5, 5.41) is 8.33. The number of aromatic nitrogens is 5. The van der Waals surface area contributed by atoms with Crippen LogP contribution >= 0.6 is 11.6 Å². The number of rotatable bonds is 1. The molecule has 0 aliphatic heterocycles. The fourth-order valence-electron chi connectivity index (χ4n) is 1.94. The quantitative estimate of drug-likeness (QED) is 0.734. The molecule has 0 fully saturated rings. The van der Waals surface area contributed by atoms with Gasteiger partial charge in [-0.1, -0.05) is 11.6 Å². The van der Waals surface area contributed by atoms with E-state index in [9.17, 15) is 4.79 Å². The SMILES string of the molecule is Cc1nc(Cl)c2nnc(-c3c[nH]ccc3=O)n2c1C. The predicted octanol–water partition coefficient (Wildman–Crippen LogP) is 1.75. The molecule has 0 aliphatic carbocycles. The van der Waals surface area contributed by atoms with Crippen LogP contribution in [-0.2, 0) is 0 Å². The molecule has 7 heteroatoms. The lowest BCUT2D eigenvalue weighted by atomic mass is 10.2. The summed E-state index contributed by atoms with van der Waals surface area (Å²) in [6.45, 7) is 3.73. The van der Waals surface area contributed by atoms with Crippen molar-refractivity contribution in [1.82, 2.24) is 24.6 Å². The Morgan fingerprint density at radius 2 is 2.11 bits per heavy atom. The van der Waals surface area contributed by atoms with Crippen LogP contribution in [0.5, 0.6) is 0 Å². The standard InChI is InChI=1S/C12H10ClN5O/c1-6-7(2)18-11(8-5-14-4-3-9(8)19)16-17-12(18)10(13)15-6/h3-5H,1-2H3,(H,14,19). The summed E-state index contributed by atoms with van der Waals surface area (Å²) in [5.41, 5.74) is 2.38. The van der Waals surface area contributed by atoms with Crippen molar-refractivity contribution in [3.8, 4) is 11.4 Å². The molecular weight excluding hydrogens is 266 g/mol. The lowest BCUT2D eigenvalue weighted by Gasteiger charge is -2.06. The van der Waals surface area contributed by atoms with Gasteiger partial charge in [0.1, 0.15) is 0 Å². The first-order valence-corrected chi connectivity index (χ1v) is 6.02. The molecule has 0 radical (unpaired) electrons. The molecule has 0 bridgehead atoms. The van der Waals surface area contributed by atoms with Gasteiger partial charge in [0.05, 0.1) is 11.3 Å². The van der Waals surface area contributed by atoms with Gasteiger partial charge in [0, 0.05) is 24.2 Å². The fraction of sp³-hybridized carbons (Fsp3) is 0.167. The van der Waals surface area contributed by atoms with Crippen molar-refractivity contribution in [3.63, 3.8) is 0 Å². The second-order valence-corrected chi connectivity index (χ2v) is 4.54. The third-order valence-corrected chi connectivity index (χ3v) is 3.29. The van der Waals surface area contributed by atoms with Crippen LogP contribution in [0.25, 0.3) is 17.0 Å². The zero-order valence-corrected chi connectivity index (χ0v) is 11.1. The maximum absolute atomic E-state index is 11.9. The maximum atomic E-state index is 11.9. The molecule has 1 N–H and O–H groups in total. The van der Waals surface area contributed by atoms with E-state index in [2.05, 4.69) is 20.2 Å². The van der Waals surface area contributed by atoms with Crippen LogP contribution in [0, 0.1) is 13.8 Å². The minimum Gasteiger partial charge on any atom is -0.367 e. The molecule has 0 spiro atoms. The molecule has 3 aromatic rings. The molecule has 6 nitrogen and oxygen atoms in total. The molecular formula is C12H10ClN5O. The van der Waals surface area contributed by atoms with Crippen molar-refractivity contribution in [2.45, 2.75) is 13.8 Å². The normalized spacial score (nSPS) is 11.1. The number of H-pyrrole nitrogens is 1. The number of fused-ring (bicyclic) bond motifs is 1. The number of aryl methyl sites for hydroxylation is 2. The van der Waals surface area contributed by atoms with Gasteiger partial charge in [-0.05, 0) is 13.8 Å². The molecule has 3 aromatic heterocycles. The molecule has 96 valence electrons. The van der Waals surface area contributed by atoms with Gasteiger partial charge in [-0.3, -0.25) is 9.20 Å². The third-order valence-electron chi connectivity index (χ3n) is 3.04. The lowest BCUT2D eigenvalue weighted by Crippen LogP contribution is -2.07. The zero-order chi connectivity index (χ0) is 13.6. The smallest absolute Gasteiger partial charge is 0.199 e. The largest absolute Gasteiger partial charge is 0.367 e. The number of aromatic amines is 1. The summed E-state index contributed by atoms with van der Waals surface area (Å²) in [6.07, 6.45) is 3.17. The van der Waals surface area contributed by atoms with Gasteiger partial charge in [-0.25, -0.2) is 4.98 Å². The Kier molecular flexibility index (Phi) is 2.60. The molecule has 0 atom stereocenters. The molecule has 3 rings (SSSR count). The average molecular weight is 276 g/mol. The van der Waals surface area contributed by atoms with Crippen LogP contribution < -0.4 is 5.43 Å². The van der Waals surface area contributed by atoms with Gasteiger partial charge in [0.25, 0.3) is 0 Å². The third kappa shape index (κ3) is 1.72. The van der Waals surface area contributed by atoms with E-state index in [0.29, 0.717) is 17.0 Å². The van der Waals surface area contributed by atoms with Crippen molar-refractivity contribution in [3.05, 3.63) is 45.2 Å². The van der Waals surface area contributed by atoms with Crippen molar-refractivity contribution in [2.24, 2.45) is 0 Å². The highest BCUT2D eigenvalue weighted by molar-refractivity contribution is 6.32. The summed E-state index contributed by atoms with van der Waals surface area (Å²) in [5.74, 6) is 0.460. The minimum absolute atomic E-state index is 0.127. The lowest BCUT2D eigenvalue weighted by molar-refractivity contribution is 0.997. The van der Waals surface area contributed by atoms with Gasteiger partial charge in [-0.2, -0.15) is 0 Å². The Bertz CT molecular complexity index is 836. The van der Waals surface area contributed by atoms with Crippen LogP contribution in [0.1, 0.15) is 11.4 Å². The number of nitrogens with zero attached hydrogens (tertiary/aromatic N) is 4. The van der Waals surface area contributed by atoms with Crippen LogP contribution in [0.4, 0.5) is 0 Å². The van der Waals surface area contributed by atoms with Crippen molar-refractivity contribution in [2.75, 3.05) is 0 Å². The molecule has 3 heterocycles. The van der Waals surface area contributed by atoms with Crippen LogP contribution in [0.2, 0.25) is 5.15 Å². The number of halogens is 1. The average Bonchev–Trinajstić information content (AvgIpc) is 2.82. The zero-order valence-electron chi connectivity index (χ0n) is 10.3. The van der Waals surface area contributed by atoms with E-state index in [0.717, 1.165) is 11.4 Å². The first-order chi connectivity index (χ1) is 9.09. The Morgan fingerprint density at radius 1 is 1.32 bits per heavy atom. The monoisotopic (exact) mass is 275 g/mol. The van der Waals surface area contributed by atoms with E-state index >= 15 is 0 Å². The van der Waals surface area contributed by atoms with Gasteiger partial charge in [0.2, 0.25) is 0 Å². The van der Waals surface area contributed by atoms with Gasteiger partial charge in [0.15, 0.2) is 22.1 Å². The summed E-state index contributed by atoms with van der Waals surface area (Å²) < 4.78 is 1.75. The van der Waals surface area contributed by atoms with E-state index in [1.165, 1.54) is 6.07 Å². The molecule has 0 aromatic carbocycles. The molecule has 19 heavy (non-hydrogen) atoms. The number of hydrogen-bond acceptors (Lipinski definition) is 4. The first kappa shape index (κ1) is 11.9. The van der Waals surface area contributed by atoms with E-state index in [1.807, 2.05) is 13.8 Å². The predicted molar refractivity (Wildman–Crippen MR) is 71.3 cm³/mol. The van der Waals surface area contributed by atoms with E-state index in [4.69, 9.17) is 11.6 Å². The topological polar surface area (TPSA) is 75.9 Å². The second-order valence-electron chi connectivity index (χ2n) is 4.18. The van der Waals surface area contributed by atoms with Crippen molar-refractivity contribution in [1.29, 1.82) is 0 Å². The summed E-state index contributed by atoms with van der Waals surface area (Å²) in [4.78, 5) is 19.0. The summed E-state index contributed by atoms with van der Waals surface area (Å²) in [6, 6.07) is 1.45. The molecule has 0 saturated heterocycles. The van der Waals surface area contributed by atoms with Crippen LogP contribution in [-0.4, -0.2) is 24.6 Å². The van der Waals surface area contributed by atoms with Gasteiger partial charge >= 0.3 is 0 Å². The van der Waals surface area contributed by atoms with Crippen molar-refractivity contribution < 1.29 is 0 Å². The molecule has 0 aliphatic rings. The van der Waals surface area contributed by atoms with E-state index < -0.39 is 0 Å². The van der Waals surface area contributed by atoms with Crippen LogP contribution in [0.15, 0.2) is 23.3 Å². The molecule has 0 saturated carbocycles. The van der Waals surface area contributed by atoms with Gasteiger partial charge < -0.3 is 4.98 Å². The number of pyridine rings is 1. The summed E-state index contributed by atoms with van der Waals surface area (Å²) in [7, 11) is 0. The first-order valence-electron chi connectivity index (χ1n) is 5.65. The fourth-order valence-corrected chi connectivity index (χ4v) is 2.19. The van der Waals surface area contributed by atoms with E-state index in [-0.39, 0.29) is 10.6 Å².